The molecule has 0 saturated carbocycles. The molecule has 2 aromatic heterocycles. The molecular weight excluding hydrogens is 442 g/mol. The zero-order valence-electron chi connectivity index (χ0n) is 19.9. The van der Waals surface area contributed by atoms with Gasteiger partial charge in [-0.15, -0.1) is 0 Å². The molecule has 4 aromatic rings. The number of benzene rings is 2. The lowest BCUT2D eigenvalue weighted by atomic mass is 10.0. The predicted octanol–water partition coefficient (Wildman–Crippen LogP) is 5.90. The second kappa shape index (κ2) is 9.61. The van der Waals surface area contributed by atoms with Crippen LogP contribution in [0.5, 0.6) is 0 Å². The molecule has 0 N–H and O–H groups in total. The molecule has 0 radical (unpaired) electrons. The molecule has 1 saturated heterocycles. The summed E-state index contributed by atoms with van der Waals surface area (Å²) in [7, 11) is 3.96. The number of fused-ring (bicyclic) bond motifs is 1. The van der Waals surface area contributed by atoms with Gasteiger partial charge >= 0.3 is 0 Å². The monoisotopic (exact) mass is 471 g/mol. The van der Waals surface area contributed by atoms with Crippen molar-refractivity contribution in [1.29, 1.82) is 0 Å². The molecular formula is C28H30ClN5. The fourth-order valence-corrected chi connectivity index (χ4v) is 5.06. The number of halogens is 1. The van der Waals surface area contributed by atoms with Crippen LogP contribution in [0.3, 0.4) is 0 Å². The minimum absolute atomic E-state index is 0.424. The van der Waals surface area contributed by atoms with E-state index in [1.54, 1.807) is 0 Å². The Balaban J connectivity index is 1.41. The molecule has 174 valence electrons. The summed E-state index contributed by atoms with van der Waals surface area (Å²) in [6, 6.07) is 21.9. The Labute approximate surface area is 206 Å². The topological polar surface area (TPSA) is 35.5 Å². The lowest BCUT2D eigenvalue weighted by Gasteiger charge is -2.39. The van der Waals surface area contributed by atoms with E-state index >= 15 is 0 Å². The van der Waals surface area contributed by atoms with Crippen molar-refractivity contribution in [2.45, 2.75) is 13.0 Å². The second-order valence-electron chi connectivity index (χ2n) is 9.10. The summed E-state index contributed by atoms with van der Waals surface area (Å²) in [5.41, 5.74) is 6.71. The molecule has 1 aliphatic heterocycles. The quantitative estimate of drug-likeness (QED) is 0.338. The van der Waals surface area contributed by atoms with E-state index in [1.807, 2.05) is 31.4 Å². The van der Waals surface area contributed by atoms with Crippen LogP contribution < -0.4 is 9.80 Å². The van der Waals surface area contributed by atoms with Crippen molar-refractivity contribution >= 4 is 33.9 Å². The number of rotatable bonds is 5. The molecule has 0 spiro atoms. The van der Waals surface area contributed by atoms with E-state index in [0.717, 1.165) is 48.5 Å². The van der Waals surface area contributed by atoms with Gasteiger partial charge in [0.1, 0.15) is 0 Å². The Kier molecular flexibility index (Phi) is 6.40. The number of aromatic nitrogens is 2. The van der Waals surface area contributed by atoms with Gasteiger partial charge < -0.3 is 9.80 Å². The highest BCUT2D eigenvalue weighted by molar-refractivity contribution is 6.32. The van der Waals surface area contributed by atoms with Crippen molar-refractivity contribution in [2.24, 2.45) is 0 Å². The van der Waals surface area contributed by atoms with Gasteiger partial charge in [-0.2, -0.15) is 0 Å². The van der Waals surface area contributed by atoms with Crippen molar-refractivity contribution in [3.63, 3.8) is 0 Å². The van der Waals surface area contributed by atoms with Crippen LogP contribution in [0.25, 0.3) is 22.0 Å². The van der Waals surface area contributed by atoms with E-state index in [4.69, 9.17) is 11.6 Å². The van der Waals surface area contributed by atoms with Gasteiger partial charge in [-0.05, 0) is 42.3 Å². The van der Waals surface area contributed by atoms with Crippen molar-refractivity contribution in [3.8, 4) is 11.1 Å². The first-order chi connectivity index (χ1) is 16.5. The Morgan fingerprint density at radius 2 is 1.65 bits per heavy atom. The third-order valence-corrected chi connectivity index (χ3v) is 7.13. The van der Waals surface area contributed by atoms with Gasteiger partial charge in [0.15, 0.2) is 5.15 Å². The molecule has 3 heterocycles. The number of piperazine rings is 1. The highest BCUT2D eigenvalue weighted by atomic mass is 35.5. The maximum atomic E-state index is 6.30. The first-order valence-electron chi connectivity index (χ1n) is 11.8. The van der Waals surface area contributed by atoms with Crippen molar-refractivity contribution in [2.75, 3.05) is 50.1 Å². The number of hydrogen-bond donors (Lipinski definition) is 0. The third kappa shape index (κ3) is 4.46. The van der Waals surface area contributed by atoms with E-state index in [-0.39, 0.29) is 0 Å². The zero-order valence-corrected chi connectivity index (χ0v) is 20.7. The normalized spacial score (nSPS) is 15.5. The molecule has 5 rings (SSSR count). The van der Waals surface area contributed by atoms with Gasteiger partial charge in [-0.1, -0.05) is 48.0 Å². The first kappa shape index (κ1) is 22.6. The van der Waals surface area contributed by atoms with Crippen LogP contribution >= 0.6 is 11.6 Å². The average Bonchev–Trinajstić information content (AvgIpc) is 2.88. The second-order valence-corrected chi connectivity index (χ2v) is 9.46. The summed E-state index contributed by atoms with van der Waals surface area (Å²) in [5, 5.41) is 1.69. The SMILES string of the molecule is CC(c1ccccc1)N1CCN(c2ccnc3ccc(-c4cnc(Cl)c(N(C)C)c4)cc23)CC1. The minimum Gasteiger partial charge on any atom is -0.375 e. The van der Waals surface area contributed by atoms with Crippen molar-refractivity contribution in [3.05, 3.63) is 83.8 Å². The summed E-state index contributed by atoms with van der Waals surface area (Å²) in [5.74, 6) is 0. The summed E-state index contributed by atoms with van der Waals surface area (Å²) < 4.78 is 0. The molecule has 1 aliphatic rings. The first-order valence-corrected chi connectivity index (χ1v) is 12.1. The molecule has 34 heavy (non-hydrogen) atoms. The number of hydrogen-bond acceptors (Lipinski definition) is 5. The molecule has 0 bridgehead atoms. The largest absolute Gasteiger partial charge is 0.375 e. The minimum atomic E-state index is 0.424. The van der Waals surface area contributed by atoms with Crippen LogP contribution in [-0.2, 0) is 0 Å². The summed E-state index contributed by atoms with van der Waals surface area (Å²) >= 11 is 6.30. The lowest BCUT2D eigenvalue weighted by Crippen LogP contribution is -2.47. The van der Waals surface area contributed by atoms with Gasteiger partial charge in [0, 0.05) is 75.3 Å². The van der Waals surface area contributed by atoms with Crippen LogP contribution in [0.4, 0.5) is 11.4 Å². The van der Waals surface area contributed by atoms with Gasteiger partial charge in [-0.25, -0.2) is 4.98 Å². The van der Waals surface area contributed by atoms with Gasteiger partial charge in [0.25, 0.3) is 0 Å². The Morgan fingerprint density at radius 1 is 0.882 bits per heavy atom. The molecule has 5 nitrogen and oxygen atoms in total. The maximum Gasteiger partial charge on any atom is 0.152 e. The molecule has 1 unspecified atom stereocenters. The van der Waals surface area contributed by atoms with Crippen molar-refractivity contribution in [1.82, 2.24) is 14.9 Å². The Morgan fingerprint density at radius 3 is 2.38 bits per heavy atom. The Hall–Kier alpha value is -3.15. The summed E-state index contributed by atoms with van der Waals surface area (Å²) in [6.45, 7) is 6.36. The van der Waals surface area contributed by atoms with E-state index in [0.29, 0.717) is 11.2 Å². The van der Waals surface area contributed by atoms with E-state index < -0.39 is 0 Å². The average molecular weight is 472 g/mol. The maximum absolute atomic E-state index is 6.30. The smallest absolute Gasteiger partial charge is 0.152 e. The van der Waals surface area contributed by atoms with Gasteiger partial charge in [0.2, 0.25) is 0 Å². The third-order valence-electron chi connectivity index (χ3n) is 6.84. The van der Waals surface area contributed by atoms with E-state index in [2.05, 4.69) is 87.4 Å². The highest BCUT2D eigenvalue weighted by Crippen LogP contribution is 2.33. The highest BCUT2D eigenvalue weighted by Gasteiger charge is 2.23. The molecule has 1 atom stereocenters. The number of anilines is 2. The van der Waals surface area contributed by atoms with Crippen LogP contribution in [0.2, 0.25) is 5.15 Å². The molecule has 1 fully saturated rings. The Bertz CT molecular complexity index is 1280. The van der Waals surface area contributed by atoms with Gasteiger partial charge in [-0.3, -0.25) is 9.88 Å². The molecule has 2 aromatic carbocycles. The van der Waals surface area contributed by atoms with Crippen LogP contribution in [0.15, 0.2) is 73.1 Å². The van der Waals surface area contributed by atoms with E-state index in [1.165, 1.54) is 16.6 Å². The van der Waals surface area contributed by atoms with Gasteiger partial charge in [0.05, 0.1) is 11.2 Å². The number of nitrogens with zero attached hydrogens (tertiary/aromatic N) is 5. The molecule has 0 aliphatic carbocycles. The lowest BCUT2D eigenvalue weighted by molar-refractivity contribution is 0.198. The fourth-order valence-electron chi connectivity index (χ4n) is 4.79. The molecule has 6 heteroatoms. The standard InChI is InChI=1S/C28H30ClN5/c1-20(21-7-5-4-6-8-21)33-13-15-34(16-14-33)26-11-12-30-25-10-9-22(17-24(25)26)23-18-27(32(2)3)28(29)31-19-23/h4-12,17-20H,13-16H2,1-3H3. The van der Waals surface area contributed by atoms with Crippen LogP contribution in [-0.4, -0.2) is 55.1 Å². The molecule has 0 amide bonds. The van der Waals surface area contributed by atoms with E-state index in [9.17, 15) is 0 Å². The number of pyridine rings is 2. The fraction of sp³-hybridized carbons (Fsp3) is 0.286. The summed E-state index contributed by atoms with van der Waals surface area (Å²) in [6.07, 6.45) is 3.76. The summed E-state index contributed by atoms with van der Waals surface area (Å²) in [4.78, 5) is 16.1. The predicted molar refractivity (Wildman–Crippen MR) is 143 cm³/mol. The van der Waals surface area contributed by atoms with Crippen LogP contribution in [0, 0.1) is 0 Å². The zero-order chi connectivity index (χ0) is 23.7. The van der Waals surface area contributed by atoms with Crippen molar-refractivity contribution < 1.29 is 0 Å². The van der Waals surface area contributed by atoms with Crippen LogP contribution in [0.1, 0.15) is 18.5 Å².